The van der Waals surface area contributed by atoms with Crippen LogP contribution < -0.4 is 5.32 Å². The smallest absolute Gasteiger partial charge is 0.259 e. The highest BCUT2D eigenvalue weighted by Crippen LogP contribution is 2.28. The second-order valence-electron chi connectivity index (χ2n) is 5.92. The van der Waals surface area contributed by atoms with Gasteiger partial charge in [-0.1, -0.05) is 18.5 Å². The molecule has 3 heterocycles. The molecule has 25 heavy (non-hydrogen) atoms. The first-order valence-corrected chi connectivity index (χ1v) is 8.39. The van der Waals surface area contributed by atoms with Crippen LogP contribution in [0.4, 0.5) is 0 Å². The molecule has 0 fully saturated rings. The maximum absolute atomic E-state index is 13.0. The van der Waals surface area contributed by atoms with E-state index in [1.165, 1.54) is 0 Å². The molecule has 7 nitrogen and oxygen atoms in total. The van der Waals surface area contributed by atoms with Crippen LogP contribution in [0.25, 0.3) is 22.6 Å². The van der Waals surface area contributed by atoms with E-state index >= 15 is 0 Å². The molecule has 0 unspecified atom stereocenters. The minimum absolute atomic E-state index is 0.0870. The van der Waals surface area contributed by atoms with Gasteiger partial charge in [0, 0.05) is 20.1 Å². The Labute approximate surface area is 146 Å². The fourth-order valence-corrected chi connectivity index (χ4v) is 2.72. The minimum atomic E-state index is -0.0870. The third kappa shape index (κ3) is 3.41. The number of likely N-dealkylation sites (N-methyl/N-ethyl adjacent to an activating group) is 2. The summed E-state index contributed by atoms with van der Waals surface area (Å²) in [6.45, 7) is 3.38. The summed E-state index contributed by atoms with van der Waals surface area (Å²) < 4.78 is 10.8. The van der Waals surface area contributed by atoms with Gasteiger partial charge in [-0.3, -0.25) is 4.79 Å². The lowest BCUT2D eigenvalue weighted by molar-refractivity contribution is 0.0798. The zero-order valence-corrected chi connectivity index (χ0v) is 14.7. The highest BCUT2D eigenvalue weighted by atomic mass is 16.5. The average Bonchev–Trinajstić information content (AvgIpc) is 3.29. The monoisotopic (exact) mass is 342 g/mol. The molecule has 0 aliphatic heterocycles. The van der Waals surface area contributed by atoms with E-state index in [2.05, 4.69) is 22.4 Å². The van der Waals surface area contributed by atoms with Gasteiger partial charge < -0.3 is 19.2 Å². The number of rotatable bonds is 7. The Morgan fingerprint density at radius 2 is 2.24 bits per heavy atom. The standard InChI is InChI=1S/C18H22N4O3/c1-4-6-13-16-12(18(23)22(3)9-8-19-2)11-14(15-7-5-10-24-15)20-17(16)25-21-13/h5,7,10-11,19H,4,6,8-9H2,1-3H3. The van der Waals surface area contributed by atoms with Crippen LogP contribution in [0.3, 0.4) is 0 Å². The summed E-state index contributed by atoms with van der Waals surface area (Å²) in [5.41, 5.74) is 2.23. The van der Waals surface area contributed by atoms with Gasteiger partial charge in [-0.15, -0.1) is 0 Å². The third-order valence-electron chi connectivity index (χ3n) is 4.05. The van der Waals surface area contributed by atoms with Crippen LogP contribution in [0, 0.1) is 0 Å². The van der Waals surface area contributed by atoms with E-state index in [1.54, 1.807) is 36.4 Å². The van der Waals surface area contributed by atoms with Gasteiger partial charge in [-0.2, -0.15) is 0 Å². The van der Waals surface area contributed by atoms with Crippen LogP contribution in [0.2, 0.25) is 0 Å². The van der Waals surface area contributed by atoms with E-state index in [1.807, 2.05) is 7.05 Å². The molecule has 3 aromatic heterocycles. The van der Waals surface area contributed by atoms with Crippen molar-refractivity contribution >= 4 is 17.0 Å². The van der Waals surface area contributed by atoms with Crippen LogP contribution in [0.15, 0.2) is 33.4 Å². The highest BCUT2D eigenvalue weighted by molar-refractivity contribution is 6.06. The number of amides is 1. The molecule has 7 heteroatoms. The number of aromatic nitrogens is 2. The lowest BCUT2D eigenvalue weighted by Crippen LogP contribution is -2.33. The van der Waals surface area contributed by atoms with E-state index in [4.69, 9.17) is 8.94 Å². The van der Waals surface area contributed by atoms with Crippen molar-refractivity contribution in [3.63, 3.8) is 0 Å². The summed E-state index contributed by atoms with van der Waals surface area (Å²) in [5.74, 6) is 0.498. The van der Waals surface area contributed by atoms with Crippen molar-refractivity contribution in [1.29, 1.82) is 0 Å². The number of hydrogen-bond donors (Lipinski definition) is 1. The summed E-state index contributed by atoms with van der Waals surface area (Å²) >= 11 is 0. The molecule has 0 spiro atoms. The van der Waals surface area contributed by atoms with Crippen molar-refractivity contribution in [2.45, 2.75) is 19.8 Å². The Morgan fingerprint density at radius 3 is 2.92 bits per heavy atom. The van der Waals surface area contributed by atoms with E-state index < -0.39 is 0 Å². The molecule has 0 bridgehead atoms. The fourth-order valence-electron chi connectivity index (χ4n) is 2.72. The zero-order chi connectivity index (χ0) is 17.8. The van der Waals surface area contributed by atoms with Crippen LogP contribution >= 0.6 is 0 Å². The minimum Gasteiger partial charge on any atom is -0.463 e. The van der Waals surface area contributed by atoms with Gasteiger partial charge in [0.1, 0.15) is 5.69 Å². The lowest BCUT2D eigenvalue weighted by Gasteiger charge is -2.17. The number of aryl methyl sites for hydroxylation is 1. The topological polar surface area (TPSA) is 84.4 Å². The Kier molecular flexibility index (Phi) is 5.14. The molecule has 0 atom stereocenters. The van der Waals surface area contributed by atoms with Crippen LogP contribution in [0.5, 0.6) is 0 Å². The van der Waals surface area contributed by atoms with E-state index in [9.17, 15) is 4.79 Å². The van der Waals surface area contributed by atoms with Crippen molar-refractivity contribution in [2.24, 2.45) is 0 Å². The molecule has 132 valence electrons. The molecular formula is C18H22N4O3. The largest absolute Gasteiger partial charge is 0.463 e. The molecule has 0 aliphatic carbocycles. The van der Waals surface area contributed by atoms with Gasteiger partial charge in [-0.05, 0) is 31.7 Å². The van der Waals surface area contributed by atoms with Crippen LogP contribution in [0.1, 0.15) is 29.4 Å². The van der Waals surface area contributed by atoms with Crippen molar-refractivity contribution in [3.05, 3.63) is 35.7 Å². The molecule has 0 aromatic carbocycles. The Morgan fingerprint density at radius 1 is 1.40 bits per heavy atom. The lowest BCUT2D eigenvalue weighted by atomic mass is 10.1. The van der Waals surface area contributed by atoms with Crippen molar-refractivity contribution in [1.82, 2.24) is 20.4 Å². The molecule has 0 radical (unpaired) electrons. The van der Waals surface area contributed by atoms with Crippen LogP contribution in [-0.2, 0) is 6.42 Å². The molecule has 0 aliphatic rings. The number of pyridine rings is 1. The van der Waals surface area contributed by atoms with Gasteiger partial charge in [0.15, 0.2) is 5.76 Å². The number of carbonyl (C=O) groups excluding carboxylic acids is 1. The second kappa shape index (κ2) is 7.48. The Balaban J connectivity index is 2.11. The van der Waals surface area contributed by atoms with Gasteiger partial charge in [0.25, 0.3) is 11.6 Å². The molecule has 1 N–H and O–H groups in total. The molecule has 3 rings (SSSR count). The molecule has 1 amide bonds. The fraction of sp³-hybridized carbons (Fsp3) is 0.389. The SMILES string of the molecule is CCCc1noc2nc(-c3ccco3)cc(C(=O)N(C)CCNC)c12. The van der Waals surface area contributed by atoms with Gasteiger partial charge in [-0.25, -0.2) is 4.98 Å². The molecule has 0 saturated heterocycles. The first-order chi connectivity index (χ1) is 12.2. The molecule has 3 aromatic rings. The third-order valence-corrected chi connectivity index (χ3v) is 4.05. The molecular weight excluding hydrogens is 320 g/mol. The number of furan rings is 1. The highest BCUT2D eigenvalue weighted by Gasteiger charge is 2.23. The van der Waals surface area contributed by atoms with Crippen LogP contribution in [-0.4, -0.2) is 48.1 Å². The first-order valence-electron chi connectivity index (χ1n) is 8.39. The number of hydrogen-bond acceptors (Lipinski definition) is 6. The average molecular weight is 342 g/mol. The van der Waals surface area contributed by atoms with Crippen molar-refractivity contribution in [2.75, 3.05) is 27.2 Å². The summed E-state index contributed by atoms with van der Waals surface area (Å²) in [7, 11) is 3.64. The number of carbonyl (C=O) groups is 1. The van der Waals surface area contributed by atoms with Gasteiger partial charge >= 0.3 is 0 Å². The maximum Gasteiger partial charge on any atom is 0.259 e. The predicted octanol–water partition coefficient (Wildman–Crippen LogP) is 2.73. The second-order valence-corrected chi connectivity index (χ2v) is 5.92. The summed E-state index contributed by atoms with van der Waals surface area (Å²) in [5, 5.41) is 7.86. The Bertz CT molecular complexity index is 855. The van der Waals surface area contributed by atoms with Crippen molar-refractivity contribution < 1.29 is 13.7 Å². The van der Waals surface area contributed by atoms with E-state index in [0.29, 0.717) is 41.2 Å². The predicted molar refractivity (Wildman–Crippen MR) is 94.4 cm³/mol. The van der Waals surface area contributed by atoms with Gasteiger partial charge in [0.05, 0.1) is 22.9 Å². The first kappa shape index (κ1) is 17.2. The summed E-state index contributed by atoms with van der Waals surface area (Å²) in [6, 6.07) is 5.34. The van der Waals surface area contributed by atoms with E-state index in [-0.39, 0.29) is 5.91 Å². The van der Waals surface area contributed by atoms with Gasteiger partial charge in [0.2, 0.25) is 0 Å². The summed E-state index contributed by atoms with van der Waals surface area (Å²) in [6.07, 6.45) is 3.21. The molecule has 0 saturated carbocycles. The normalized spacial score (nSPS) is 11.2. The van der Waals surface area contributed by atoms with E-state index in [0.717, 1.165) is 18.5 Å². The maximum atomic E-state index is 13.0. The number of fused-ring (bicyclic) bond motifs is 1. The summed E-state index contributed by atoms with van der Waals surface area (Å²) in [4.78, 5) is 19.2. The quantitative estimate of drug-likeness (QED) is 0.711. The number of nitrogens with one attached hydrogen (secondary N) is 1. The number of nitrogens with zero attached hydrogens (tertiary/aromatic N) is 3. The zero-order valence-electron chi connectivity index (χ0n) is 14.7. The van der Waals surface area contributed by atoms with Crippen molar-refractivity contribution in [3.8, 4) is 11.5 Å². The Hall–Kier alpha value is -2.67.